The number of nitrogens with zero attached hydrogens (tertiary/aromatic N) is 3. The van der Waals surface area contributed by atoms with Gasteiger partial charge in [0.2, 0.25) is 0 Å². The zero-order valence-corrected chi connectivity index (χ0v) is 22.3. The van der Waals surface area contributed by atoms with Crippen molar-refractivity contribution in [1.82, 2.24) is 9.96 Å². The highest BCUT2D eigenvalue weighted by molar-refractivity contribution is 6.03. The number of ether oxygens (including phenoxy) is 5. The van der Waals surface area contributed by atoms with E-state index in [2.05, 4.69) is 0 Å². The van der Waals surface area contributed by atoms with E-state index in [9.17, 15) is 19.7 Å². The molecule has 0 N–H and O–H groups in total. The lowest BCUT2D eigenvalue weighted by molar-refractivity contribution is -0.384. The van der Waals surface area contributed by atoms with Crippen molar-refractivity contribution in [3.63, 3.8) is 0 Å². The first-order chi connectivity index (χ1) is 18.9. The first kappa shape index (κ1) is 26.7. The molecule has 4 fully saturated rings. The number of amides is 2. The zero-order chi connectivity index (χ0) is 28.4. The number of benzene rings is 2. The van der Waals surface area contributed by atoms with Gasteiger partial charge in [0.25, 0.3) is 11.6 Å². The van der Waals surface area contributed by atoms with Gasteiger partial charge >= 0.3 is 6.09 Å². The van der Waals surface area contributed by atoms with Gasteiger partial charge in [0.15, 0.2) is 24.0 Å². The number of nitro groups is 1. The summed E-state index contributed by atoms with van der Waals surface area (Å²) in [5, 5.41) is 12.5. The molecule has 2 aromatic rings. The topological polar surface area (TPSA) is 139 Å². The highest BCUT2D eigenvalue weighted by Gasteiger charge is 2.64. The van der Waals surface area contributed by atoms with Crippen LogP contribution in [-0.4, -0.2) is 75.7 Å². The molecule has 4 saturated heterocycles. The number of carbonyl (C=O) groups is 2. The number of carbonyl (C=O) groups excluding carboxylic acids is 2. The van der Waals surface area contributed by atoms with Gasteiger partial charge in [0.1, 0.15) is 24.4 Å². The Balaban J connectivity index is 1.38. The van der Waals surface area contributed by atoms with Crippen molar-refractivity contribution in [1.29, 1.82) is 0 Å². The second-order valence-electron chi connectivity index (χ2n) is 10.9. The Morgan fingerprint density at radius 2 is 1.60 bits per heavy atom. The minimum absolute atomic E-state index is 0.144. The summed E-state index contributed by atoms with van der Waals surface area (Å²) in [5.74, 6) is -2.41. The molecule has 0 spiro atoms. The Hall–Kier alpha value is -3.46. The quantitative estimate of drug-likeness (QED) is 0.396. The number of hydrogen-bond donors (Lipinski definition) is 0. The Morgan fingerprint density at radius 3 is 2.23 bits per heavy atom. The van der Waals surface area contributed by atoms with Gasteiger partial charge < -0.3 is 28.5 Å². The summed E-state index contributed by atoms with van der Waals surface area (Å²) in [6.45, 7) is 7.38. The average Bonchev–Trinajstić information content (AvgIpc) is 3.63. The maximum Gasteiger partial charge on any atom is 0.437 e. The zero-order valence-electron chi connectivity index (χ0n) is 22.3. The van der Waals surface area contributed by atoms with Gasteiger partial charge in [-0.3, -0.25) is 14.9 Å². The fourth-order valence-corrected chi connectivity index (χ4v) is 5.56. The van der Waals surface area contributed by atoms with Gasteiger partial charge in [0, 0.05) is 17.7 Å². The average molecular weight is 556 g/mol. The molecule has 212 valence electrons. The maximum absolute atomic E-state index is 13.6. The molecule has 2 aromatic carbocycles. The molecule has 0 saturated carbocycles. The van der Waals surface area contributed by atoms with Crippen molar-refractivity contribution in [2.24, 2.45) is 0 Å². The fourth-order valence-electron chi connectivity index (χ4n) is 5.56. The van der Waals surface area contributed by atoms with Gasteiger partial charge in [0.05, 0.1) is 11.5 Å². The molecule has 4 aliphatic rings. The smallest absolute Gasteiger partial charge is 0.348 e. The van der Waals surface area contributed by atoms with Gasteiger partial charge in [-0.2, -0.15) is 0 Å². The number of imide groups is 1. The SMILES string of the molecule is CC1(C)O[C@H]2[C@@H]([C@H]3COC(C)(C)O3)O[C@H](N3OC(=O)N(C(=O)c4ccccc4)[C@@H]3c3ccc([N+](=O)[O-])cc3)[C@H]2O1. The van der Waals surface area contributed by atoms with E-state index in [1.54, 1.807) is 58.0 Å². The van der Waals surface area contributed by atoms with Crippen LogP contribution in [0.1, 0.15) is 49.8 Å². The molecule has 4 heterocycles. The third kappa shape index (κ3) is 4.64. The summed E-state index contributed by atoms with van der Waals surface area (Å²) < 4.78 is 30.7. The van der Waals surface area contributed by atoms with Crippen molar-refractivity contribution in [3.05, 3.63) is 75.8 Å². The lowest BCUT2D eigenvalue weighted by Gasteiger charge is -2.32. The van der Waals surface area contributed by atoms with E-state index in [0.29, 0.717) is 5.56 Å². The number of hydrogen-bond acceptors (Lipinski definition) is 11. The molecular weight excluding hydrogens is 526 g/mol. The maximum atomic E-state index is 13.6. The predicted octanol–water partition coefficient (Wildman–Crippen LogP) is 3.50. The summed E-state index contributed by atoms with van der Waals surface area (Å²) in [6, 6.07) is 13.8. The van der Waals surface area contributed by atoms with Crippen LogP contribution in [0.3, 0.4) is 0 Å². The van der Waals surface area contributed by atoms with E-state index in [1.807, 2.05) is 0 Å². The van der Waals surface area contributed by atoms with Crippen molar-refractivity contribution >= 4 is 17.7 Å². The molecule has 40 heavy (non-hydrogen) atoms. The van der Waals surface area contributed by atoms with Crippen LogP contribution in [0.4, 0.5) is 10.5 Å². The highest BCUT2D eigenvalue weighted by atomic mass is 16.8. The van der Waals surface area contributed by atoms with E-state index < -0.39 is 65.3 Å². The summed E-state index contributed by atoms with van der Waals surface area (Å²) in [7, 11) is 0. The Bertz CT molecular complexity index is 1320. The van der Waals surface area contributed by atoms with E-state index in [0.717, 1.165) is 4.90 Å². The van der Waals surface area contributed by atoms with Crippen LogP contribution in [0.5, 0.6) is 0 Å². The van der Waals surface area contributed by atoms with Crippen LogP contribution in [0.15, 0.2) is 54.6 Å². The van der Waals surface area contributed by atoms with Crippen molar-refractivity contribution in [3.8, 4) is 0 Å². The van der Waals surface area contributed by atoms with Crippen LogP contribution in [0.2, 0.25) is 0 Å². The number of non-ortho nitro benzene ring substituents is 1. The van der Waals surface area contributed by atoms with E-state index >= 15 is 0 Å². The molecule has 13 nitrogen and oxygen atoms in total. The van der Waals surface area contributed by atoms with Crippen LogP contribution in [-0.2, 0) is 28.5 Å². The van der Waals surface area contributed by atoms with Crippen LogP contribution >= 0.6 is 0 Å². The Morgan fingerprint density at radius 1 is 0.925 bits per heavy atom. The first-order valence-electron chi connectivity index (χ1n) is 12.9. The minimum Gasteiger partial charge on any atom is -0.348 e. The molecule has 13 heteroatoms. The van der Waals surface area contributed by atoms with Crippen LogP contribution < -0.4 is 0 Å². The summed E-state index contributed by atoms with van der Waals surface area (Å²) in [5.41, 5.74) is 0.509. The third-order valence-electron chi connectivity index (χ3n) is 7.22. The monoisotopic (exact) mass is 555 g/mol. The van der Waals surface area contributed by atoms with E-state index in [1.165, 1.54) is 29.3 Å². The van der Waals surface area contributed by atoms with E-state index in [-0.39, 0.29) is 17.9 Å². The summed E-state index contributed by atoms with van der Waals surface area (Å²) in [6.07, 6.45) is -5.54. The number of nitro benzene ring substituents is 1. The Kier molecular flexibility index (Phi) is 6.40. The van der Waals surface area contributed by atoms with Gasteiger partial charge in [-0.15, -0.1) is 0 Å². The molecule has 0 bridgehead atoms. The minimum atomic E-state index is -1.13. The number of rotatable bonds is 5. The standard InChI is InChI=1S/C27H29N3O10/c1-26(2)35-14-18(37-26)19-20-21(39-27(3,4)38-20)24(36-19)29-22(15-10-12-17(13-11-15)30(33)34)28(25(32)40-29)23(31)16-8-6-5-7-9-16/h5-13,18-22,24H,14H2,1-4H3/t18-,19-,20+,21+,22+,24+/m1/s1. The van der Waals surface area contributed by atoms with E-state index in [4.69, 9.17) is 28.5 Å². The molecular formula is C27H29N3O10. The third-order valence-corrected chi connectivity index (χ3v) is 7.22. The summed E-state index contributed by atoms with van der Waals surface area (Å²) in [4.78, 5) is 44.4. The molecule has 6 rings (SSSR count). The lowest BCUT2D eigenvalue weighted by Crippen LogP contribution is -2.46. The van der Waals surface area contributed by atoms with Gasteiger partial charge in [-0.1, -0.05) is 23.3 Å². The van der Waals surface area contributed by atoms with Crippen LogP contribution in [0, 0.1) is 10.1 Å². The van der Waals surface area contributed by atoms with Crippen LogP contribution in [0.25, 0.3) is 0 Å². The number of hydroxylamine groups is 2. The molecule has 4 aliphatic heterocycles. The normalized spacial score (nSPS) is 32.7. The Labute approximate surface area is 229 Å². The van der Waals surface area contributed by atoms with Gasteiger partial charge in [-0.25, -0.2) is 9.69 Å². The summed E-state index contributed by atoms with van der Waals surface area (Å²) >= 11 is 0. The molecule has 0 aromatic heterocycles. The molecule has 0 aliphatic carbocycles. The van der Waals surface area contributed by atoms with Crippen molar-refractivity contribution < 1.29 is 43.0 Å². The fraction of sp³-hybridized carbons (Fsp3) is 0.481. The molecule has 0 unspecified atom stereocenters. The predicted molar refractivity (Wildman–Crippen MR) is 134 cm³/mol. The largest absolute Gasteiger partial charge is 0.437 e. The highest BCUT2D eigenvalue weighted by Crippen LogP contribution is 2.47. The van der Waals surface area contributed by atoms with Crippen molar-refractivity contribution in [2.45, 2.75) is 76.1 Å². The molecule has 0 radical (unpaired) electrons. The second kappa shape index (κ2) is 9.58. The number of fused-ring (bicyclic) bond motifs is 1. The lowest BCUT2D eigenvalue weighted by atomic mass is 10.1. The van der Waals surface area contributed by atoms with Crippen molar-refractivity contribution in [2.75, 3.05) is 6.61 Å². The molecule has 6 atom stereocenters. The first-order valence-corrected chi connectivity index (χ1v) is 12.9. The second-order valence-corrected chi connectivity index (χ2v) is 10.9. The van der Waals surface area contributed by atoms with Gasteiger partial charge in [-0.05, 0) is 57.5 Å². The molecule has 2 amide bonds.